The first-order valence-electron chi connectivity index (χ1n) is 9.52. The van der Waals surface area contributed by atoms with E-state index < -0.39 is 0 Å². The number of ether oxygens (including phenoxy) is 2. The van der Waals surface area contributed by atoms with Crippen molar-refractivity contribution in [2.45, 2.75) is 20.0 Å². The van der Waals surface area contributed by atoms with Crippen LogP contribution in [0.4, 0.5) is 0 Å². The van der Waals surface area contributed by atoms with Gasteiger partial charge in [-0.05, 0) is 56.3 Å². The molecule has 0 bridgehead atoms. The number of methoxy groups -OCH3 is 1. The minimum atomic E-state index is 0.0687. The third kappa shape index (κ3) is 3.12. The molecule has 29 heavy (non-hydrogen) atoms. The van der Waals surface area contributed by atoms with Gasteiger partial charge >= 0.3 is 0 Å². The first-order chi connectivity index (χ1) is 14.1. The van der Waals surface area contributed by atoms with Crippen molar-refractivity contribution in [3.8, 4) is 22.9 Å². The van der Waals surface area contributed by atoms with E-state index in [2.05, 4.69) is 4.98 Å². The van der Waals surface area contributed by atoms with E-state index in [0.29, 0.717) is 17.3 Å². The van der Waals surface area contributed by atoms with Gasteiger partial charge in [0.25, 0.3) is 0 Å². The highest BCUT2D eigenvalue weighted by Gasteiger charge is 2.13. The molecule has 0 amide bonds. The van der Waals surface area contributed by atoms with Crippen molar-refractivity contribution in [3.05, 3.63) is 54.6 Å². The molecule has 144 valence electrons. The number of hydrogen-bond donors (Lipinski definition) is 1. The van der Waals surface area contributed by atoms with Gasteiger partial charge in [0.2, 0.25) is 0 Å². The highest BCUT2D eigenvalue weighted by molar-refractivity contribution is 5.95. The minimum Gasteiger partial charge on any atom is -0.493 e. The summed E-state index contributed by atoms with van der Waals surface area (Å²) < 4.78 is 11.3. The number of para-hydroxylation sites is 2. The molecular formula is C23H20N4O2. The van der Waals surface area contributed by atoms with E-state index in [1.807, 2.05) is 68.4 Å². The molecular weight excluding hydrogens is 364 g/mol. The maximum absolute atomic E-state index is 5.80. The van der Waals surface area contributed by atoms with Crippen molar-refractivity contribution >= 4 is 33.1 Å². The molecule has 2 aromatic heterocycles. The zero-order chi connectivity index (χ0) is 20.0. The number of H-pyrrole nitrogens is 1. The average Bonchev–Trinajstić information content (AvgIpc) is 3.13. The molecule has 1 N–H and O–H groups in total. The zero-order valence-electron chi connectivity index (χ0n) is 16.4. The van der Waals surface area contributed by atoms with Crippen LogP contribution < -0.4 is 9.47 Å². The minimum absolute atomic E-state index is 0.0687. The van der Waals surface area contributed by atoms with Gasteiger partial charge in [-0.25, -0.2) is 15.0 Å². The summed E-state index contributed by atoms with van der Waals surface area (Å²) in [5.41, 5.74) is 6.21. The number of hydrogen-bond acceptors (Lipinski definition) is 5. The van der Waals surface area contributed by atoms with Gasteiger partial charge in [0.15, 0.2) is 17.3 Å². The molecule has 0 atom stereocenters. The maximum Gasteiger partial charge on any atom is 0.161 e. The SMILES string of the molecule is COc1cc(-c2nc3cc4nc5ccccc5[nH]c4cc3n2)ccc1OC(C)C. The molecule has 0 fully saturated rings. The van der Waals surface area contributed by atoms with Gasteiger partial charge in [-0.1, -0.05) is 12.1 Å². The molecule has 0 spiro atoms. The second kappa shape index (κ2) is 6.74. The standard InChI is InChI=1S/C23H20N4O2/c1-13(2)29-21-9-8-14(10-22(21)28-3)23-26-19-11-17-18(12-20(19)27-23)25-16-7-5-4-6-15(16)24-17/h4-13,24H,1-3H3. The zero-order valence-corrected chi connectivity index (χ0v) is 16.4. The van der Waals surface area contributed by atoms with Crippen LogP contribution in [-0.4, -0.2) is 33.1 Å². The predicted molar refractivity (Wildman–Crippen MR) is 114 cm³/mol. The molecule has 0 aliphatic carbocycles. The third-order valence-electron chi connectivity index (χ3n) is 4.74. The molecule has 5 rings (SSSR count). The molecule has 0 aliphatic heterocycles. The largest absolute Gasteiger partial charge is 0.493 e. The monoisotopic (exact) mass is 384 g/mol. The summed E-state index contributed by atoms with van der Waals surface area (Å²) in [6, 6.07) is 17.7. The van der Waals surface area contributed by atoms with Gasteiger partial charge in [0.05, 0.1) is 46.3 Å². The lowest BCUT2D eigenvalue weighted by Gasteiger charge is -2.13. The van der Waals surface area contributed by atoms with Crippen LogP contribution in [0, 0.1) is 0 Å². The summed E-state index contributed by atoms with van der Waals surface area (Å²) in [5, 5.41) is 0. The highest BCUT2D eigenvalue weighted by Crippen LogP contribution is 2.33. The Labute approximate surface area is 167 Å². The van der Waals surface area contributed by atoms with Crippen molar-refractivity contribution in [2.75, 3.05) is 7.11 Å². The second-order valence-corrected chi connectivity index (χ2v) is 7.19. The smallest absolute Gasteiger partial charge is 0.161 e. The fourth-order valence-corrected chi connectivity index (χ4v) is 3.43. The topological polar surface area (TPSA) is 72.9 Å². The van der Waals surface area contributed by atoms with E-state index >= 15 is 0 Å². The van der Waals surface area contributed by atoms with Crippen LogP contribution in [0.5, 0.6) is 11.5 Å². The normalized spacial score (nSPS) is 11.6. The molecule has 2 heterocycles. The lowest BCUT2D eigenvalue weighted by molar-refractivity contribution is 0.230. The Kier molecular flexibility index (Phi) is 4.05. The summed E-state index contributed by atoms with van der Waals surface area (Å²) in [5.74, 6) is 2.02. The Morgan fingerprint density at radius 2 is 1.55 bits per heavy atom. The molecule has 0 unspecified atom stereocenters. The Morgan fingerprint density at radius 1 is 0.759 bits per heavy atom. The van der Waals surface area contributed by atoms with Crippen molar-refractivity contribution < 1.29 is 9.47 Å². The second-order valence-electron chi connectivity index (χ2n) is 7.19. The van der Waals surface area contributed by atoms with Crippen LogP contribution >= 0.6 is 0 Å². The molecule has 0 aliphatic rings. The summed E-state index contributed by atoms with van der Waals surface area (Å²) in [6.45, 7) is 3.97. The van der Waals surface area contributed by atoms with Crippen molar-refractivity contribution in [1.29, 1.82) is 0 Å². The van der Waals surface area contributed by atoms with E-state index in [4.69, 9.17) is 24.4 Å². The van der Waals surface area contributed by atoms with Crippen LogP contribution in [0.2, 0.25) is 0 Å². The van der Waals surface area contributed by atoms with Gasteiger partial charge in [0, 0.05) is 5.56 Å². The Morgan fingerprint density at radius 3 is 2.34 bits per heavy atom. The van der Waals surface area contributed by atoms with Gasteiger partial charge in [-0.3, -0.25) is 0 Å². The number of imidazole rings is 1. The molecule has 5 aromatic rings. The number of rotatable bonds is 4. The summed E-state index contributed by atoms with van der Waals surface area (Å²) in [7, 11) is 1.63. The van der Waals surface area contributed by atoms with Crippen LogP contribution in [0.15, 0.2) is 54.6 Å². The lowest BCUT2D eigenvalue weighted by atomic mass is 10.2. The Bertz CT molecular complexity index is 1290. The molecule has 3 aromatic carbocycles. The van der Waals surface area contributed by atoms with Crippen LogP contribution in [-0.2, 0) is 0 Å². The number of nitrogens with zero attached hydrogens (tertiary/aromatic N) is 3. The number of aromatic nitrogens is 4. The number of nitrogens with one attached hydrogen (secondary N) is 1. The summed E-state index contributed by atoms with van der Waals surface area (Å²) in [4.78, 5) is 17.6. The number of benzene rings is 3. The van der Waals surface area contributed by atoms with Crippen LogP contribution in [0.3, 0.4) is 0 Å². The van der Waals surface area contributed by atoms with E-state index in [9.17, 15) is 0 Å². The molecule has 0 saturated heterocycles. The van der Waals surface area contributed by atoms with Crippen LogP contribution in [0.25, 0.3) is 44.5 Å². The van der Waals surface area contributed by atoms with Gasteiger partial charge < -0.3 is 14.5 Å². The lowest BCUT2D eigenvalue weighted by Crippen LogP contribution is -2.06. The van der Waals surface area contributed by atoms with Crippen molar-refractivity contribution in [1.82, 2.24) is 19.9 Å². The molecule has 6 heteroatoms. The van der Waals surface area contributed by atoms with E-state index in [0.717, 1.165) is 38.7 Å². The third-order valence-corrected chi connectivity index (χ3v) is 4.74. The van der Waals surface area contributed by atoms with Gasteiger partial charge in [-0.2, -0.15) is 0 Å². The highest BCUT2D eigenvalue weighted by atomic mass is 16.5. The van der Waals surface area contributed by atoms with Crippen molar-refractivity contribution in [3.63, 3.8) is 0 Å². The number of fused-ring (bicyclic) bond motifs is 3. The van der Waals surface area contributed by atoms with E-state index in [1.165, 1.54) is 0 Å². The van der Waals surface area contributed by atoms with Gasteiger partial charge in [0.1, 0.15) is 0 Å². The van der Waals surface area contributed by atoms with Gasteiger partial charge in [-0.15, -0.1) is 0 Å². The van der Waals surface area contributed by atoms with E-state index in [1.54, 1.807) is 7.11 Å². The molecule has 0 radical (unpaired) electrons. The van der Waals surface area contributed by atoms with E-state index in [-0.39, 0.29) is 6.10 Å². The maximum atomic E-state index is 5.80. The summed E-state index contributed by atoms with van der Waals surface area (Å²) in [6.07, 6.45) is 0.0687. The quantitative estimate of drug-likeness (QED) is 0.435. The molecule has 0 saturated carbocycles. The predicted octanol–water partition coefficient (Wildman–Crippen LogP) is 5.12. The Balaban J connectivity index is 1.62. The average molecular weight is 384 g/mol. The first-order valence-corrected chi connectivity index (χ1v) is 9.52. The molecule has 6 nitrogen and oxygen atoms in total. The van der Waals surface area contributed by atoms with Crippen molar-refractivity contribution in [2.24, 2.45) is 0 Å². The number of aromatic amines is 1. The fourth-order valence-electron chi connectivity index (χ4n) is 3.43. The Hall–Kier alpha value is -3.67. The first kappa shape index (κ1) is 17.4. The summed E-state index contributed by atoms with van der Waals surface area (Å²) >= 11 is 0. The van der Waals surface area contributed by atoms with Crippen LogP contribution in [0.1, 0.15) is 13.8 Å². The fraction of sp³-hybridized carbons (Fsp3) is 0.174.